The molecule has 0 amide bonds. The molecule has 2 aromatic rings. The van der Waals surface area contributed by atoms with E-state index in [1.165, 1.54) is 0 Å². The summed E-state index contributed by atoms with van der Waals surface area (Å²) < 4.78 is 5.14. The van der Waals surface area contributed by atoms with Gasteiger partial charge in [-0.15, -0.1) is 0 Å². The minimum Gasteiger partial charge on any atom is -0.462 e. The van der Waals surface area contributed by atoms with Crippen LogP contribution in [0.1, 0.15) is 29.4 Å². The number of carbonyl (C=O) groups is 1. The summed E-state index contributed by atoms with van der Waals surface area (Å²) in [5, 5.41) is 3.87. The van der Waals surface area contributed by atoms with Crippen molar-refractivity contribution in [3.05, 3.63) is 59.9 Å². The van der Waals surface area contributed by atoms with Crippen molar-refractivity contribution in [3.63, 3.8) is 0 Å². The fourth-order valence-corrected chi connectivity index (χ4v) is 3.52. The molecule has 1 fully saturated rings. The van der Waals surface area contributed by atoms with Gasteiger partial charge < -0.3 is 15.0 Å². The molecule has 148 valence electrons. The number of benzene rings is 1. The van der Waals surface area contributed by atoms with Crippen LogP contribution in [-0.2, 0) is 11.3 Å². The topological polar surface area (TPSA) is 57.7 Å². The first-order chi connectivity index (χ1) is 13.7. The van der Waals surface area contributed by atoms with Crippen LogP contribution in [0, 0.1) is 0 Å². The van der Waals surface area contributed by atoms with E-state index in [1.54, 1.807) is 13.0 Å². The molecule has 0 saturated carbocycles. The van der Waals surface area contributed by atoms with Gasteiger partial charge in [0.15, 0.2) is 5.11 Å². The van der Waals surface area contributed by atoms with E-state index < -0.39 is 0 Å². The number of ether oxygens (including phenoxy) is 1. The molecule has 1 aliphatic heterocycles. The number of pyridine rings is 1. The second-order valence-electron chi connectivity index (χ2n) is 6.63. The van der Waals surface area contributed by atoms with E-state index in [2.05, 4.69) is 26.2 Å². The number of para-hydroxylation sites is 1. The number of nitrogens with one attached hydrogen (secondary N) is 1. The molecule has 0 atom stereocenters. The average molecular weight is 399 g/mol. The molecule has 1 aromatic carbocycles. The lowest BCUT2D eigenvalue weighted by molar-refractivity contribution is 0.0527. The Kier molecular flexibility index (Phi) is 7.33. The Bertz CT molecular complexity index is 800. The zero-order valence-corrected chi connectivity index (χ0v) is 17.0. The highest BCUT2D eigenvalue weighted by atomic mass is 32.1. The van der Waals surface area contributed by atoms with Gasteiger partial charge in [-0.3, -0.25) is 9.88 Å². The highest BCUT2D eigenvalue weighted by Crippen LogP contribution is 2.18. The highest BCUT2D eigenvalue weighted by molar-refractivity contribution is 7.80. The van der Waals surface area contributed by atoms with E-state index in [0.29, 0.717) is 23.0 Å². The lowest BCUT2D eigenvalue weighted by Gasteiger charge is -2.25. The fourth-order valence-electron chi connectivity index (χ4n) is 3.23. The van der Waals surface area contributed by atoms with Crippen molar-refractivity contribution in [1.82, 2.24) is 14.8 Å². The number of aromatic nitrogens is 1. The van der Waals surface area contributed by atoms with Crippen LogP contribution in [0.25, 0.3) is 0 Å². The predicted molar refractivity (Wildman–Crippen MR) is 114 cm³/mol. The van der Waals surface area contributed by atoms with Crippen molar-refractivity contribution in [2.75, 3.05) is 38.1 Å². The van der Waals surface area contributed by atoms with Crippen LogP contribution in [0.5, 0.6) is 0 Å². The zero-order valence-electron chi connectivity index (χ0n) is 16.1. The summed E-state index contributed by atoms with van der Waals surface area (Å²) in [6.45, 7) is 6.63. The minimum atomic E-state index is -0.342. The first-order valence-electron chi connectivity index (χ1n) is 9.61. The zero-order chi connectivity index (χ0) is 19.8. The van der Waals surface area contributed by atoms with Crippen LogP contribution in [0.3, 0.4) is 0 Å². The Morgan fingerprint density at radius 3 is 2.75 bits per heavy atom. The molecule has 3 rings (SSSR count). The van der Waals surface area contributed by atoms with Crippen molar-refractivity contribution in [2.24, 2.45) is 0 Å². The van der Waals surface area contributed by atoms with Gasteiger partial charge in [0.2, 0.25) is 0 Å². The van der Waals surface area contributed by atoms with Gasteiger partial charge >= 0.3 is 5.97 Å². The predicted octanol–water partition coefficient (Wildman–Crippen LogP) is 3.16. The number of rotatable bonds is 5. The van der Waals surface area contributed by atoms with Gasteiger partial charge in [0.1, 0.15) is 0 Å². The quantitative estimate of drug-likeness (QED) is 0.613. The van der Waals surface area contributed by atoms with Crippen molar-refractivity contribution < 1.29 is 9.53 Å². The van der Waals surface area contributed by atoms with Crippen molar-refractivity contribution in [1.29, 1.82) is 0 Å². The standard InChI is InChI=1S/C21H26N4O2S/c1-2-27-20(26)18-9-3-4-10-19(18)23-21(28)25-13-7-12-24(14-15-25)16-17-8-5-6-11-22-17/h3-6,8-11H,2,7,12-16H2,1H3,(H,23,28). The summed E-state index contributed by atoms with van der Waals surface area (Å²) in [5.41, 5.74) is 2.26. The maximum atomic E-state index is 12.2. The van der Waals surface area contributed by atoms with E-state index in [0.717, 1.165) is 44.8 Å². The Morgan fingerprint density at radius 2 is 1.96 bits per heavy atom. The molecule has 1 aromatic heterocycles. The van der Waals surface area contributed by atoms with Gasteiger partial charge in [0, 0.05) is 38.9 Å². The molecule has 28 heavy (non-hydrogen) atoms. The van der Waals surface area contributed by atoms with Gasteiger partial charge in [0.25, 0.3) is 0 Å². The number of hydrogen-bond donors (Lipinski definition) is 1. The SMILES string of the molecule is CCOC(=O)c1ccccc1NC(=S)N1CCCN(Cc2ccccn2)CC1. The van der Waals surface area contributed by atoms with Gasteiger partial charge in [-0.2, -0.15) is 0 Å². The molecule has 1 saturated heterocycles. The minimum absolute atomic E-state index is 0.342. The molecule has 7 heteroatoms. The van der Waals surface area contributed by atoms with Gasteiger partial charge in [0.05, 0.1) is 23.6 Å². The molecule has 0 radical (unpaired) electrons. The molecular formula is C21H26N4O2S. The third-order valence-electron chi connectivity index (χ3n) is 4.65. The maximum absolute atomic E-state index is 12.2. The first kappa shape index (κ1) is 20.2. The molecule has 0 bridgehead atoms. The number of esters is 1. The van der Waals surface area contributed by atoms with Crippen LogP contribution in [0.4, 0.5) is 5.69 Å². The van der Waals surface area contributed by atoms with Crippen LogP contribution in [0.2, 0.25) is 0 Å². The summed E-state index contributed by atoms with van der Waals surface area (Å²) in [6.07, 6.45) is 2.85. The van der Waals surface area contributed by atoms with Crippen LogP contribution >= 0.6 is 12.2 Å². The second-order valence-corrected chi connectivity index (χ2v) is 7.02. The highest BCUT2D eigenvalue weighted by Gasteiger charge is 2.19. The second kappa shape index (κ2) is 10.1. The van der Waals surface area contributed by atoms with Gasteiger partial charge in [-0.25, -0.2) is 4.79 Å². The summed E-state index contributed by atoms with van der Waals surface area (Å²) in [5.74, 6) is -0.342. The molecule has 1 N–H and O–H groups in total. The summed E-state index contributed by atoms with van der Waals surface area (Å²) in [7, 11) is 0. The number of nitrogens with zero attached hydrogens (tertiary/aromatic N) is 3. The third-order valence-corrected chi connectivity index (χ3v) is 5.01. The number of hydrogen-bond acceptors (Lipinski definition) is 5. The molecule has 6 nitrogen and oxygen atoms in total. The van der Waals surface area contributed by atoms with Crippen LogP contribution in [-0.4, -0.2) is 58.7 Å². The monoisotopic (exact) mass is 398 g/mol. The smallest absolute Gasteiger partial charge is 0.340 e. The largest absolute Gasteiger partial charge is 0.462 e. The summed E-state index contributed by atoms with van der Waals surface area (Å²) in [6, 6.07) is 13.3. The van der Waals surface area contributed by atoms with Crippen LogP contribution in [0.15, 0.2) is 48.7 Å². The van der Waals surface area contributed by atoms with Crippen molar-refractivity contribution >= 4 is 29.0 Å². The normalized spacial score (nSPS) is 15.0. The Labute approximate surface area is 171 Å². The Balaban J connectivity index is 1.59. The van der Waals surface area contributed by atoms with E-state index >= 15 is 0 Å². The molecular weight excluding hydrogens is 372 g/mol. The average Bonchev–Trinajstić information content (AvgIpc) is 2.95. The maximum Gasteiger partial charge on any atom is 0.340 e. The molecule has 2 heterocycles. The first-order valence-corrected chi connectivity index (χ1v) is 10.0. The van der Waals surface area contributed by atoms with E-state index in [-0.39, 0.29) is 5.97 Å². The van der Waals surface area contributed by atoms with Crippen molar-refractivity contribution in [2.45, 2.75) is 19.9 Å². The number of thiocarbonyl (C=S) groups is 1. The molecule has 0 aliphatic carbocycles. The van der Waals surface area contributed by atoms with E-state index in [9.17, 15) is 4.79 Å². The van der Waals surface area contributed by atoms with Gasteiger partial charge in [-0.05, 0) is 49.8 Å². The molecule has 0 unspecified atom stereocenters. The molecule has 1 aliphatic rings. The van der Waals surface area contributed by atoms with E-state index in [1.807, 2.05) is 36.5 Å². The van der Waals surface area contributed by atoms with E-state index in [4.69, 9.17) is 17.0 Å². The number of carbonyl (C=O) groups excluding carboxylic acids is 1. The number of anilines is 1. The van der Waals surface area contributed by atoms with Gasteiger partial charge in [-0.1, -0.05) is 18.2 Å². The van der Waals surface area contributed by atoms with Crippen LogP contribution < -0.4 is 5.32 Å². The fraction of sp³-hybridized carbons (Fsp3) is 0.381. The van der Waals surface area contributed by atoms with Crippen molar-refractivity contribution in [3.8, 4) is 0 Å². The summed E-state index contributed by atoms with van der Waals surface area (Å²) >= 11 is 5.63. The Hall–Kier alpha value is -2.51. The third kappa shape index (κ3) is 5.50. The lowest BCUT2D eigenvalue weighted by atomic mass is 10.2. The summed E-state index contributed by atoms with van der Waals surface area (Å²) in [4.78, 5) is 21.1. The Morgan fingerprint density at radius 1 is 1.14 bits per heavy atom. The lowest BCUT2D eigenvalue weighted by Crippen LogP contribution is -2.38. The molecule has 0 spiro atoms.